The molecule has 2 N–H and O–H groups in total. The normalized spacial score (nSPS) is 16.8. The molecule has 0 unspecified atom stereocenters. The van der Waals surface area contributed by atoms with E-state index in [1.165, 1.54) is 0 Å². The van der Waals surface area contributed by atoms with E-state index in [-0.39, 0.29) is 11.9 Å². The van der Waals surface area contributed by atoms with E-state index in [0.29, 0.717) is 10.6 Å². The summed E-state index contributed by atoms with van der Waals surface area (Å²) in [7, 11) is 0. The van der Waals surface area contributed by atoms with Gasteiger partial charge in [-0.1, -0.05) is 11.6 Å². The maximum Gasteiger partial charge on any atom is 0.251 e. The third-order valence-electron chi connectivity index (χ3n) is 2.86. The zero-order chi connectivity index (χ0) is 12.3. The maximum atomic E-state index is 12.0. The van der Waals surface area contributed by atoms with Crippen molar-refractivity contribution < 1.29 is 4.79 Å². The molecule has 92 valence electrons. The Bertz CT molecular complexity index is 419. The van der Waals surface area contributed by atoms with Crippen molar-refractivity contribution in [2.24, 2.45) is 0 Å². The van der Waals surface area contributed by atoms with Gasteiger partial charge in [-0.05, 0) is 66.7 Å². The second-order valence-electron chi connectivity index (χ2n) is 4.13. The molecule has 0 atom stereocenters. The Morgan fingerprint density at radius 2 is 2.12 bits per heavy atom. The Balaban J connectivity index is 2.01. The topological polar surface area (TPSA) is 41.1 Å². The number of carbonyl (C=O) groups excluding carboxylic acids is 1. The van der Waals surface area contributed by atoms with Crippen LogP contribution < -0.4 is 10.6 Å². The van der Waals surface area contributed by atoms with Crippen molar-refractivity contribution in [3.63, 3.8) is 0 Å². The second kappa shape index (κ2) is 6.02. The third kappa shape index (κ3) is 3.56. The minimum absolute atomic E-state index is 0.0322. The smallest absolute Gasteiger partial charge is 0.251 e. The predicted molar refractivity (Wildman–Crippen MR) is 77.5 cm³/mol. The Kier molecular flexibility index (Phi) is 4.64. The van der Waals surface area contributed by atoms with Crippen LogP contribution in [0.3, 0.4) is 0 Å². The molecule has 1 heterocycles. The zero-order valence-electron chi connectivity index (χ0n) is 9.30. The van der Waals surface area contributed by atoms with Crippen LogP contribution in [-0.4, -0.2) is 25.0 Å². The largest absolute Gasteiger partial charge is 0.349 e. The van der Waals surface area contributed by atoms with Gasteiger partial charge in [0.15, 0.2) is 0 Å². The van der Waals surface area contributed by atoms with Crippen LogP contribution in [0.4, 0.5) is 0 Å². The quantitative estimate of drug-likeness (QED) is 0.792. The van der Waals surface area contributed by atoms with Crippen LogP contribution in [0.1, 0.15) is 23.2 Å². The SMILES string of the molecule is O=C(NC1CCNCC1)c1ccc(I)c(Cl)c1. The average molecular weight is 365 g/mol. The van der Waals surface area contributed by atoms with Crippen LogP contribution >= 0.6 is 34.2 Å². The van der Waals surface area contributed by atoms with Gasteiger partial charge in [0.1, 0.15) is 0 Å². The van der Waals surface area contributed by atoms with Crippen LogP contribution in [0.2, 0.25) is 5.02 Å². The molecule has 1 amide bonds. The fourth-order valence-electron chi connectivity index (χ4n) is 1.87. The summed E-state index contributed by atoms with van der Waals surface area (Å²) >= 11 is 8.15. The van der Waals surface area contributed by atoms with Gasteiger partial charge < -0.3 is 10.6 Å². The van der Waals surface area contributed by atoms with Crippen molar-refractivity contribution in [3.05, 3.63) is 32.4 Å². The predicted octanol–water partition coefficient (Wildman–Crippen LogP) is 2.43. The van der Waals surface area contributed by atoms with Crippen LogP contribution in [0, 0.1) is 3.57 Å². The molecule has 1 aromatic carbocycles. The van der Waals surface area contributed by atoms with E-state index in [9.17, 15) is 4.79 Å². The molecule has 0 spiro atoms. The zero-order valence-corrected chi connectivity index (χ0v) is 12.2. The lowest BCUT2D eigenvalue weighted by Gasteiger charge is -2.23. The number of amides is 1. The molecule has 0 saturated carbocycles. The van der Waals surface area contributed by atoms with Gasteiger partial charge >= 0.3 is 0 Å². The third-order valence-corrected chi connectivity index (χ3v) is 4.43. The number of rotatable bonds is 2. The average Bonchev–Trinajstić information content (AvgIpc) is 2.34. The monoisotopic (exact) mass is 364 g/mol. The van der Waals surface area contributed by atoms with E-state index in [2.05, 4.69) is 33.2 Å². The minimum atomic E-state index is -0.0322. The molecule has 5 heteroatoms. The highest BCUT2D eigenvalue weighted by molar-refractivity contribution is 14.1. The summed E-state index contributed by atoms with van der Waals surface area (Å²) in [6.45, 7) is 1.94. The lowest BCUT2D eigenvalue weighted by Crippen LogP contribution is -2.42. The molecule has 1 aliphatic heterocycles. The fourth-order valence-corrected chi connectivity index (χ4v) is 2.39. The number of hydrogen-bond donors (Lipinski definition) is 2. The van der Waals surface area contributed by atoms with E-state index in [1.807, 2.05) is 12.1 Å². The van der Waals surface area contributed by atoms with Crippen molar-refractivity contribution in [3.8, 4) is 0 Å². The number of piperidine rings is 1. The van der Waals surface area contributed by atoms with Crippen LogP contribution in [0.5, 0.6) is 0 Å². The number of hydrogen-bond acceptors (Lipinski definition) is 2. The van der Waals surface area contributed by atoms with Gasteiger partial charge in [0, 0.05) is 15.2 Å². The number of nitrogens with one attached hydrogen (secondary N) is 2. The summed E-state index contributed by atoms with van der Waals surface area (Å²) < 4.78 is 0.961. The van der Waals surface area contributed by atoms with Gasteiger partial charge in [-0.15, -0.1) is 0 Å². The number of benzene rings is 1. The highest BCUT2D eigenvalue weighted by Gasteiger charge is 2.16. The molecular weight excluding hydrogens is 351 g/mol. The first-order valence-electron chi connectivity index (χ1n) is 5.63. The van der Waals surface area contributed by atoms with E-state index in [0.717, 1.165) is 29.5 Å². The molecule has 17 heavy (non-hydrogen) atoms. The molecule has 1 saturated heterocycles. The van der Waals surface area contributed by atoms with Gasteiger partial charge in [0.25, 0.3) is 5.91 Å². The highest BCUT2D eigenvalue weighted by atomic mass is 127. The molecule has 0 radical (unpaired) electrons. The molecule has 0 aromatic heterocycles. The molecular formula is C12H14ClIN2O. The maximum absolute atomic E-state index is 12.0. The van der Waals surface area contributed by atoms with Crippen LogP contribution in [-0.2, 0) is 0 Å². The van der Waals surface area contributed by atoms with E-state index in [1.54, 1.807) is 6.07 Å². The summed E-state index contributed by atoms with van der Waals surface area (Å²) in [6.07, 6.45) is 1.98. The first kappa shape index (κ1) is 13.1. The summed E-state index contributed by atoms with van der Waals surface area (Å²) in [5, 5.41) is 6.94. The lowest BCUT2D eigenvalue weighted by molar-refractivity contribution is 0.0929. The molecule has 0 bridgehead atoms. The fraction of sp³-hybridized carbons (Fsp3) is 0.417. The molecule has 2 rings (SSSR count). The van der Waals surface area contributed by atoms with Crippen LogP contribution in [0.15, 0.2) is 18.2 Å². The number of halogens is 2. The molecule has 1 fully saturated rings. The summed E-state index contributed by atoms with van der Waals surface area (Å²) in [5.74, 6) is -0.0322. The van der Waals surface area contributed by atoms with E-state index < -0.39 is 0 Å². The molecule has 3 nitrogen and oxygen atoms in total. The van der Waals surface area contributed by atoms with Gasteiger partial charge in [-0.2, -0.15) is 0 Å². The highest BCUT2D eigenvalue weighted by Crippen LogP contribution is 2.19. The Hall–Kier alpha value is -0.330. The molecule has 1 aromatic rings. The Labute approximate surface area is 119 Å². The summed E-state index contributed by atoms with van der Waals surface area (Å²) in [5.41, 5.74) is 0.633. The lowest BCUT2D eigenvalue weighted by atomic mass is 10.1. The van der Waals surface area contributed by atoms with Gasteiger partial charge in [0.05, 0.1) is 5.02 Å². The van der Waals surface area contributed by atoms with Gasteiger partial charge in [-0.25, -0.2) is 0 Å². The van der Waals surface area contributed by atoms with Crippen molar-refractivity contribution in [1.29, 1.82) is 0 Å². The van der Waals surface area contributed by atoms with Crippen molar-refractivity contribution in [2.75, 3.05) is 13.1 Å². The second-order valence-corrected chi connectivity index (χ2v) is 5.70. The van der Waals surface area contributed by atoms with Gasteiger partial charge in [-0.3, -0.25) is 4.79 Å². The first-order valence-corrected chi connectivity index (χ1v) is 7.09. The standard InChI is InChI=1S/C12H14ClIN2O/c13-10-7-8(1-2-11(10)14)12(17)16-9-3-5-15-6-4-9/h1-2,7,9,15H,3-6H2,(H,16,17). The molecule has 0 aliphatic carbocycles. The number of carbonyl (C=O) groups is 1. The first-order chi connectivity index (χ1) is 8.16. The Morgan fingerprint density at radius 3 is 2.76 bits per heavy atom. The summed E-state index contributed by atoms with van der Waals surface area (Å²) in [4.78, 5) is 12.0. The van der Waals surface area contributed by atoms with Crippen molar-refractivity contribution >= 4 is 40.1 Å². The Morgan fingerprint density at radius 1 is 1.41 bits per heavy atom. The van der Waals surface area contributed by atoms with Crippen molar-refractivity contribution in [1.82, 2.24) is 10.6 Å². The minimum Gasteiger partial charge on any atom is -0.349 e. The van der Waals surface area contributed by atoms with E-state index in [4.69, 9.17) is 11.6 Å². The van der Waals surface area contributed by atoms with Crippen LogP contribution in [0.25, 0.3) is 0 Å². The summed E-state index contributed by atoms with van der Waals surface area (Å²) in [6, 6.07) is 5.67. The van der Waals surface area contributed by atoms with Gasteiger partial charge in [0.2, 0.25) is 0 Å². The van der Waals surface area contributed by atoms with E-state index >= 15 is 0 Å². The van der Waals surface area contributed by atoms with Crippen molar-refractivity contribution in [2.45, 2.75) is 18.9 Å². The molecule has 1 aliphatic rings.